The Balaban J connectivity index is 2.58. The van der Waals surface area contributed by atoms with Crippen LogP contribution in [0.3, 0.4) is 0 Å². The Morgan fingerprint density at radius 1 is 1.32 bits per heavy atom. The highest BCUT2D eigenvalue weighted by Crippen LogP contribution is 2.22. The number of anilines is 1. The lowest BCUT2D eigenvalue weighted by molar-refractivity contribution is 0.0697. The zero-order valence-electron chi connectivity index (χ0n) is 10.5. The number of carboxylic acid groups (broad SMARTS) is 1. The van der Waals surface area contributed by atoms with Crippen molar-refractivity contribution in [2.45, 2.75) is 6.42 Å². The van der Waals surface area contributed by atoms with Gasteiger partial charge >= 0.3 is 12.0 Å². The summed E-state index contributed by atoms with van der Waals surface area (Å²) in [6.45, 7) is 1.32. The standard InChI is InChI=1S/C12H16ClN3O3/c1-14-5-2-6-15-12(19)16-10-7-8(11(17)18)3-4-9(10)13/h3-4,7,14H,2,5-6H2,1H3,(H,17,18)(H2,15,16,19). The maximum atomic E-state index is 11.6. The van der Waals surface area contributed by atoms with E-state index in [9.17, 15) is 9.59 Å². The normalized spacial score (nSPS) is 10.0. The quantitative estimate of drug-likeness (QED) is 0.600. The highest BCUT2D eigenvalue weighted by atomic mass is 35.5. The molecule has 0 aliphatic heterocycles. The molecule has 0 aliphatic rings. The molecule has 0 unspecified atom stereocenters. The zero-order valence-corrected chi connectivity index (χ0v) is 11.3. The molecule has 0 radical (unpaired) electrons. The minimum atomic E-state index is -1.07. The molecule has 0 aromatic heterocycles. The van der Waals surface area contributed by atoms with E-state index in [2.05, 4.69) is 16.0 Å². The molecule has 1 aromatic carbocycles. The fraction of sp³-hybridized carbons (Fsp3) is 0.333. The molecule has 4 N–H and O–H groups in total. The van der Waals surface area contributed by atoms with Crippen LogP contribution in [0.2, 0.25) is 5.02 Å². The van der Waals surface area contributed by atoms with Gasteiger partial charge in [-0.1, -0.05) is 11.6 Å². The van der Waals surface area contributed by atoms with Crippen molar-refractivity contribution in [3.05, 3.63) is 28.8 Å². The second kappa shape index (κ2) is 7.60. The average Bonchev–Trinajstić information content (AvgIpc) is 2.37. The van der Waals surface area contributed by atoms with Crippen LogP contribution in [0.15, 0.2) is 18.2 Å². The lowest BCUT2D eigenvalue weighted by Crippen LogP contribution is -2.31. The van der Waals surface area contributed by atoms with E-state index in [0.717, 1.165) is 13.0 Å². The molecular weight excluding hydrogens is 270 g/mol. The molecule has 6 nitrogen and oxygen atoms in total. The van der Waals surface area contributed by atoms with Gasteiger partial charge in [0.1, 0.15) is 0 Å². The Hall–Kier alpha value is -1.79. The molecule has 104 valence electrons. The van der Waals surface area contributed by atoms with Gasteiger partial charge in [-0.05, 0) is 38.2 Å². The summed E-state index contributed by atoms with van der Waals surface area (Å²) in [6, 6.07) is 3.71. The van der Waals surface area contributed by atoms with Crippen LogP contribution in [0, 0.1) is 0 Å². The van der Waals surface area contributed by atoms with Crippen molar-refractivity contribution < 1.29 is 14.7 Å². The molecule has 0 fully saturated rings. The molecule has 0 heterocycles. The number of carbonyl (C=O) groups excluding carboxylic acids is 1. The fourth-order valence-electron chi connectivity index (χ4n) is 1.39. The van der Waals surface area contributed by atoms with Crippen molar-refractivity contribution in [3.8, 4) is 0 Å². The van der Waals surface area contributed by atoms with Crippen molar-refractivity contribution in [3.63, 3.8) is 0 Å². The number of benzene rings is 1. The lowest BCUT2D eigenvalue weighted by Gasteiger charge is -2.09. The third-order valence-electron chi connectivity index (χ3n) is 2.35. The molecule has 0 atom stereocenters. The largest absolute Gasteiger partial charge is 0.478 e. The van der Waals surface area contributed by atoms with Crippen molar-refractivity contribution in [2.75, 3.05) is 25.5 Å². The van der Waals surface area contributed by atoms with Crippen LogP contribution < -0.4 is 16.0 Å². The number of aromatic carboxylic acids is 1. The van der Waals surface area contributed by atoms with Gasteiger partial charge in [-0.15, -0.1) is 0 Å². The summed E-state index contributed by atoms with van der Waals surface area (Å²) in [5.41, 5.74) is 0.336. The molecule has 19 heavy (non-hydrogen) atoms. The first-order valence-corrected chi connectivity index (χ1v) is 6.14. The summed E-state index contributed by atoms with van der Waals surface area (Å²) in [6.07, 6.45) is 0.798. The number of amides is 2. The summed E-state index contributed by atoms with van der Waals surface area (Å²) in [5, 5.41) is 17.3. The smallest absolute Gasteiger partial charge is 0.335 e. The van der Waals surface area contributed by atoms with Gasteiger partial charge in [-0.25, -0.2) is 9.59 Å². The number of urea groups is 1. The summed E-state index contributed by atoms with van der Waals surface area (Å²) in [5.74, 6) is -1.07. The molecule has 1 rings (SSSR count). The Morgan fingerprint density at radius 2 is 2.05 bits per heavy atom. The highest BCUT2D eigenvalue weighted by Gasteiger charge is 2.09. The van der Waals surface area contributed by atoms with Gasteiger partial charge in [0, 0.05) is 6.54 Å². The molecule has 0 saturated carbocycles. The monoisotopic (exact) mass is 285 g/mol. The topological polar surface area (TPSA) is 90.5 Å². The first kappa shape index (κ1) is 15.3. The van der Waals surface area contributed by atoms with Crippen LogP contribution in [0.4, 0.5) is 10.5 Å². The minimum absolute atomic E-state index is 0.0647. The van der Waals surface area contributed by atoms with Gasteiger partial charge < -0.3 is 21.1 Å². The van der Waals surface area contributed by atoms with Gasteiger partial charge in [-0.2, -0.15) is 0 Å². The Bertz CT molecular complexity index is 466. The molecule has 1 aromatic rings. The van der Waals surface area contributed by atoms with E-state index < -0.39 is 12.0 Å². The van der Waals surface area contributed by atoms with Crippen LogP contribution in [0.25, 0.3) is 0 Å². The molecule has 7 heteroatoms. The average molecular weight is 286 g/mol. The summed E-state index contributed by atoms with van der Waals surface area (Å²) >= 11 is 5.88. The molecule has 0 aliphatic carbocycles. The number of hydrogen-bond donors (Lipinski definition) is 4. The number of halogens is 1. The minimum Gasteiger partial charge on any atom is -0.478 e. The fourth-order valence-corrected chi connectivity index (χ4v) is 1.55. The van der Waals surface area contributed by atoms with Gasteiger partial charge in [0.05, 0.1) is 16.3 Å². The van der Waals surface area contributed by atoms with E-state index in [1.807, 2.05) is 7.05 Å². The van der Waals surface area contributed by atoms with E-state index >= 15 is 0 Å². The molecule has 0 spiro atoms. The van der Waals surface area contributed by atoms with Crippen LogP contribution in [0.1, 0.15) is 16.8 Å². The molecule has 2 amide bonds. The van der Waals surface area contributed by atoms with Gasteiger partial charge in [-0.3, -0.25) is 0 Å². The number of nitrogens with one attached hydrogen (secondary N) is 3. The number of hydrogen-bond acceptors (Lipinski definition) is 3. The van der Waals surface area contributed by atoms with Gasteiger partial charge in [0.25, 0.3) is 0 Å². The zero-order chi connectivity index (χ0) is 14.3. The van der Waals surface area contributed by atoms with E-state index in [-0.39, 0.29) is 16.3 Å². The first-order valence-electron chi connectivity index (χ1n) is 5.77. The van der Waals surface area contributed by atoms with Gasteiger partial charge in [0.2, 0.25) is 0 Å². The van der Waals surface area contributed by atoms with Crippen molar-refractivity contribution in [1.82, 2.24) is 10.6 Å². The van der Waals surface area contributed by atoms with Crippen LogP contribution >= 0.6 is 11.6 Å². The van der Waals surface area contributed by atoms with Gasteiger partial charge in [0.15, 0.2) is 0 Å². The summed E-state index contributed by atoms with van der Waals surface area (Å²) in [7, 11) is 1.83. The number of carboxylic acids is 1. The third-order valence-corrected chi connectivity index (χ3v) is 2.68. The summed E-state index contributed by atoms with van der Waals surface area (Å²) in [4.78, 5) is 22.4. The first-order chi connectivity index (χ1) is 9.04. The maximum absolute atomic E-state index is 11.6. The second-order valence-corrected chi connectivity index (χ2v) is 4.24. The maximum Gasteiger partial charge on any atom is 0.335 e. The van der Waals surface area contributed by atoms with E-state index in [1.54, 1.807) is 0 Å². The van der Waals surface area contributed by atoms with Crippen LogP contribution in [-0.2, 0) is 0 Å². The second-order valence-electron chi connectivity index (χ2n) is 3.84. The van der Waals surface area contributed by atoms with Crippen molar-refractivity contribution >= 4 is 29.3 Å². The van der Waals surface area contributed by atoms with Crippen LogP contribution in [0.5, 0.6) is 0 Å². The Labute approximate surface area is 116 Å². The van der Waals surface area contributed by atoms with E-state index in [4.69, 9.17) is 16.7 Å². The number of rotatable bonds is 6. The van der Waals surface area contributed by atoms with Crippen molar-refractivity contribution in [2.24, 2.45) is 0 Å². The van der Waals surface area contributed by atoms with E-state index in [1.165, 1.54) is 18.2 Å². The molecule has 0 bridgehead atoms. The predicted molar refractivity (Wildman–Crippen MR) is 74.0 cm³/mol. The SMILES string of the molecule is CNCCCNC(=O)Nc1cc(C(=O)O)ccc1Cl. The highest BCUT2D eigenvalue weighted by molar-refractivity contribution is 6.33. The Kier molecular flexibility index (Phi) is 6.11. The Morgan fingerprint density at radius 3 is 2.68 bits per heavy atom. The third kappa shape index (κ3) is 5.15. The van der Waals surface area contributed by atoms with E-state index in [0.29, 0.717) is 6.54 Å². The lowest BCUT2D eigenvalue weighted by atomic mass is 10.2. The summed E-state index contributed by atoms with van der Waals surface area (Å²) < 4.78 is 0. The van der Waals surface area contributed by atoms with Crippen LogP contribution in [-0.4, -0.2) is 37.2 Å². The molecular formula is C12H16ClN3O3. The van der Waals surface area contributed by atoms with Crippen molar-refractivity contribution in [1.29, 1.82) is 0 Å². The molecule has 0 saturated heterocycles. The predicted octanol–water partition coefficient (Wildman–Crippen LogP) is 1.77. The number of carbonyl (C=O) groups is 2.